The molecule has 2 nitrogen and oxygen atoms in total. The molecule has 5 aromatic carbocycles. The third kappa shape index (κ3) is 7.81. The first-order valence-corrected chi connectivity index (χ1v) is 19.8. The first kappa shape index (κ1) is 36.5. The lowest BCUT2D eigenvalue weighted by atomic mass is 9.65. The molecule has 0 saturated carbocycles. The molecule has 1 aliphatic carbocycles. The van der Waals surface area contributed by atoms with Gasteiger partial charge < -0.3 is 10.0 Å². The Labute approximate surface area is 308 Å². The van der Waals surface area contributed by atoms with Gasteiger partial charge in [0.1, 0.15) is 5.75 Å². The SMILES string of the molecule is CCCCC(CC)CC1(CC(CC)CCCC)c2cc(C)ccc2-c2ccc(-c3ccc(N(c4ccc(C)cc4)c4ccc(O)cc4)cc3)cc21. The molecule has 2 heteroatoms. The van der Waals surface area contributed by atoms with Crippen molar-refractivity contribution < 1.29 is 5.11 Å². The van der Waals surface area contributed by atoms with E-state index in [1.54, 1.807) is 23.3 Å². The zero-order chi connectivity index (χ0) is 36.0. The normalized spacial score (nSPS) is 16.0. The third-order valence-corrected chi connectivity index (χ3v) is 11.7. The van der Waals surface area contributed by atoms with Crippen LogP contribution in [0.1, 0.15) is 114 Å². The highest BCUT2D eigenvalue weighted by molar-refractivity contribution is 5.85. The molecule has 0 aliphatic heterocycles. The Morgan fingerprint density at radius 2 is 0.980 bits per heavy atom. The molecule has 5 aromatic rings. The largest absolute Gasteiger partial charge is 0.508 e. The van der Waals surface area contributed by atoms with Crippen LogP contribution in [0.5, 0.6) is 5.75 Å². The first-order valence-electron chi connectivity index (χ1n) is 19.8. The summed E-state index contributed by atoms with van der Waals surface area (Å²) in [4.78, 5) is 2.26. The van der Waals surface area contributed by atoms with Gasteiger partial charge in [0.25, 0.3) is 0 Å². The lowest BCUT2D eigenvalue weighted by Gasteiger charge is -2.39. The van der Waals surface area contributed by atoms with Crippen LogP contribution in [0.25, 0.3) is 22.3 Å². The topological polar surface area (TPSA) is 23.5 Å². The lowest BCUT2D eigenvalue weighted by Crippen LogP contribution is -2.31. The van der Waals surface area contributed by atoms with Crippen molar-refractivity contribution in [1.29, 1.82) is 0 Å². The number of hydrogen-bond acceptors (Lipinski definition) is 2. The molecule has 6 rings (SSSR count). The van der Waals surface area contributed by atoms with E-state index in [9.17, 15) is 5.11 Å². The Bertz CT molecular complexity index is 1800. The Hall–Kier alpha value is -4.30. The summed E-state index contributed by atoms with van der Waals surface area (Å²) in [5.74, 6) is 1.70. The van der Waals surface area contributed by atoms with E-state index in [1.807, 2.05) is 12.1 Å². The van der Waals surface area contributed by atoms with Gasteiger partial charge in [-0.2, -0.15) is 0 Å². The van der Waals surface area contributed by atoms with Crippen molar-refractivity contribution in [1.82, 2.24) is 0 Å². The van der Waals surface area contributed by atoms with Gasteiger partial charge in [0.05, 0.1) is 0 Å². The summed E-state index contributed by atoms with van der Waals surface area (Å²) in [6.07, 6.45) is 12.7. The number of phenolic OH excluding ortho intramolecular Hbond substituents is 1. The summed E-state index contributed by atoms with van der Waals surface area (Å²) in [5.41, 5.74) is 14.4. The highest BCUT2D eigenvalue weighted by Gasteiger charge is 2.45. The van der Waals surface area contributed by atoms with E-state index in [1.165, 1.54) is 97.6 Å². The maximum absolute atomic E-state index is 10.0. The van der Waals surface area contributed by atoms with E-state index in [2.05, 4.69) is 131 Å². The summed E-state index contributed by atoms with van der Waals surface area (Å²) in [7, 11) is 0. The Balaban J connectivity index is 1.44. The Kier molecular flexibility index (Phi) is 11.7. The van der Waals surface area contributed by atoms with Crippen LogP contribution < -0.4 is 4.90 Å². The number of anilines is 3. The van der Waals surface area contributed by atoms with Crippen LogP contribution in [0, 0.1) is 25.7 Å². The monoisotopic (exact) mass is 677 g/mol. The van der Waals surface area contributed by atoms with Gasteiger partial charge in [-0.25, -0.2) is 0 Å². The molecule has 2 atom stereocenters. The fourth-order valence-corrected chi connectivity index (χ4v) is 8.73. The molecular formula is C49H59NO. The minimum atomic E-state index is 0.0244. The van der Waals surface area contributed by atoms with Crippen molar-refractivity contribution in [2.24, 2.45) is 11.8 Å². The zero-order valence-corrected chi connectivity index (χ0v) is 32.0. The molecule has 266 valence electrons. The van der Waals surface area contributed by atoms with Crippen molar-refractivity contribution in [3.05, 3.63) is 131 Å². The number of phenols is 1. The van der Waals surface area contributed by atoms with E-state index in [0.717, 1.165) is 17.1 Å². The van der Waals surface area contributed by atoms with Gasteiger partial charge in [-0.3, -0.25) is 0 Å². The van der Waals surface area contributed by atoms with E-state index in [-0.39, 0.29) is 11.2 Å². The quantitative estimate of drug-likeness (QED) is 0.112. The molecule has 0 fully saturated rings. The molecular weight excluding hydrogens is 619 g/mol. The van der Waals surface area contributed by atoms with Gasteiger partial charge in [-0.1, -0.05) is 145 Å². The molecule has 0 bridgehead atoms. The van der Waals surface area contributed by atoms with E-state index >= 15 is 0 Å². The minimum absolute atomic E-state index is 0.0244. The summed E-state index contributed by atoms with van der Waals surface area (Å²) in [6.45, 7) is 13.9. The van der Waals surface area contributed by atoms with Crippen LogP contribution in [0.3, 0.4) is 0 Å². The fraction of sp³-hybridized carbons (Fsp3) is 0.388. The van der Waals surface area contributed by atoms with Crippen molar-refractivity contribution in [3.8, 4) is 28.0 Å². The van der Waals surface area contributed by atoms with Crippen molar-refractivity contribution in [3.63, 3.8) is 0 Å². The van der Waals surface area contributed by atoms with Crippen molar-refractivity contribution >= 4 is 17.1 Å². The zero-order valence-electron chi connectivity index (χ0n) is 32.0. The van der Waals surface area contributed by atoms with Crippen LogP contribution in [-0.4, -0.2) is 5.11 Å². The third-order valence-electron chi connectivity index (χ3n) is 11.7. The molecule has 0 saturated heterocycles. The average molecular weight is 678 g/mol. The lowest BCUT2D eigenvalue weighted by molar-refractivity contribution is 0.266. The maximum atomic E-state index is 10.0. The van der Waals surface area contributed by atoms with E-state index in [4.69, 9.17) is 0 Å². The predicted octanol–water partition coefficient (Wildman–Crippen LogP) is 14.6. The second-order valence-electron chi connectivity index (χ2n) is 15.4. The van der Waals surface area contributed by atoms with Gasteiger partial charge in [-0.05, 0) is 127 Å². The van der Waals surface area contributed by atoms with Gasteiger partial charge in [0.2, 0.25) is 0 Å². The number of aryl methyl sites for hydroxylation is 2. The molecule has 0 amide bonds. The molecule has 1 N–H and O–H groups in total. The second kappa shape index (κ2) is 16.4. The highest BCUT2D eigenvalue weighted by Crippen LogP contribution is 2.57. The number of nitrogens with zero attached hydrogens (tertiary/aromatic N) is 1. The van der Waals surface area contributed by atoms with Crippen LogP contribution in [-0.2, 0) is 5.41 Å². The Morgan fingerprint density at radius 3 is 1.51 bits per heavy atom. The van der Waals surface area contributed by atoms with Gasteiger partial charge in [0.15, 0.2) is 0 Å². The smallest absolute Gasteiger partial charge is 0.115 e. The molecule has 51 heavy (non-hydrogen) atoms. The summed E-state index contributed by atoms with van der Waals surface area (Å²) < 4.78 is 0. The number of fused-ring (bicyclic) bond motifs is 3. The van der Waals surface area contributed by atoms with E-state index in [0.29, 0.717) is 11.8 Å². The van der Waals surface area contributed by atoms with Crippen LogP contribution >= 0.6 is 0 Å². The molecule has 0 spiro atoms. The van der Waals surface area contributed by atoms with Crippen molar-refractivity contribution in [2.75, 3.05) is 4.90 Å². The van der Waals surface area contributed by atoms with Crippen LogP contribution in [0.4, 0.5) is 17.1 Å². The number of aromatic hydroxyl groups is 1. The predicted molar refractivity (Wildman–Crippen MR) is 220 cm³/mol. The van der Waals surface area contributed by atoms with Crippen LogP contribution in [0.15, 0.2) is 109 Å². The van der Waals surface area contributed by atoms with E-state index < -0.39 is 0 Å². The van der Waals surface area contributed by atoms with Crippen LogP contribution in [0.2, 0.25) is 0 Å². The van der Waals surface area contributed by atoms with Gasteiger partial charge in [0, 0.05) is 22.5 Å². The minimum Gasteiger partial charge on any atom is -0.508 e. The van der Waals surface area contributed by atoms with Gasteiger partial charge >= 0.3 is 0 Å². The van der Waals surface area contributed by atoms with Gasteiger partial charge in [-0.15, -0.1) is 0 Å². The number of benzene rings is 5. The van der Waals surface area contributed by atoms with Crippen molar-refractivity contribution in [2.45, 2.75) is 111 Å². The molecule has 0 radical (unpaired) electrons. The average Bonchev–Trinajstić information content (AvgIpc) is 3.41. The Morgan fingerprint density at radius 1 is 0.529 bits per heavy atom. The maximum Gasteiger partial charge on any atom is 0.115 e. The molecule has 1 aliphatic rings. The molecule has 2 unspecified atom stereocenters. The number of rotatable bonds is 16. The number of unbranched alkanes of at least 4 members (excludes halogenated alkanes) is 2. The second-order valence-corrected chi connectivity index (χ2v) is 15.4. The summed E-state index contributed by atoms with van der Waals surface area (Å²) in [5, 5.41) is 10.0. The summed E-state index contributed by atoms with van der Waals surface area (Å²) in [6, 6.07) is 39.9. The molecule has 0 heterocycles. The summed E-state index contributed by atoms with van der Waals surface area (Å²) >= 11 is 0. The molecule has 0 aromatic heterocycles. The standard InChI is InChI=1S/C49H59NO/c1-7-11-13-37(9-3)33-49(34-38(10-4)14-12-8-2)47-31-36(6)17-29-45(47)46-30-20-40(32-48(46)49)39-18-23-42(24-19-39)50(41-21-15-35(5)16-22-41)43-25-27-44(51)28-26-43/h15-32,37-38,51H,7-14,33-34H2,1-6H3. The fourth-order valence-electron chi connectivity index (χ4n) is 8.73. The highest BCUT2D eigenvalue weighted by atomic mass is 16.3. The first-order chi connectivity index (χ1) is 24.8. The number of hydrogen-bond donors (Lipinski definition) is 1.